The molecule has 2 aromatic carbocycles. The van der Waals surface area contributed by atoms with Crippen molar-refractivity contribution < 1.29 is 9.90 Å². The fourth-order valence-electron chi connectivity index (χ4n) is 4.11. The van der Waals surface area contributed by atoms with Gasteiger partial charge in [0.1, 0.15) is 11.6 Å². The minimum Gasteiger partial charge on any atom is -0.508 e. The molecule has 3 aromatic rings. The van der Waals surface area contributed by atoms with E-state index >= 15 is 0 Å². The van der Waals surface area contributed by atoms with Crippen molar-refractivity contribution in [3.63, 3.8) is 0 Å². The van der Waals surface area contributed by atoms with Gasteiger partial charge in [-0.25, -0.2) is 0 Å². The highest BCUT2D eigenvalue weighted by Crippen LogP contribution is 2.34. The number of aromatic hydroxyl groups is 1. The first-order chi connectivity index (χ1) is 14.3. The van der Waals surface area contributed by atoms with Crippen LogP contribution in [0.25, 0.3) is 11.3 Å². The van der Waals surface area contributed by atoms with E-state index in [9.17, 15) is 9.90 Å². The van der Waals surface area contributed by atoms with E-state index < -0.39 is 0 Å². The second-order valence-corrected chi connectivity index (χ2v) is 7.76. The highest BCUT2D eigenvalue weighted by Gasteiger charge is 2.22. The van der Waals surface area contributed by atoms with Gasteiger partial charge in [0.05, 0.1) is 12.1 Å². The van der Waals surface area contributed by atoms with Crippen molar-refractivity contribution in [1.82, 2.24) is 9.78 Å². The quantitative estimate of drug-likeness (QED) is 0.359. The number of carbonyl (C=O) groups is 1. The predicted molar refractivity (Wildman–Crippen MR) is 124 cm³/mol. The van der Waals surface area contributed by atoms with Gasteiger partial charge in [-0.2, -0.15) is 5.10 Å². The summed E-state index contributed by atoms with van der Waals surface area (Å²) >= 11 is 0. The minimum atomic E-state index is -0.253. The number of benzene rings is 2. The molecule has 1 heterocycles. The van der Waals surface area contributed by atoms with Gasteiger partial charge in [-0.3, -0.25) is 14.9 Å². The molecule has 0 atom stereocenters. The number of aryl methyl sites for hydroxylation is 2. The fourth-order valence-corrected chi connectivity index (χ4v) is 4.11. The number of fused-ring (bicyclic) bond motifs is 1. The molecular weight excluding hydrogens is 414 g/mol. The molecule has 0 radical (unpaired) electrons. The third-order valence-corrected chi connectivity index (χ3v) is 5.62. The Morgan fingerprint density at radius 3 is 2.74 bits per heavy atom. The first kappa shape index (κ1) is 22.4. The van der Waals surface area contributed by atoms with Crippen molar-refractivity contribution in [1.29, 1.82) is 5.41 Å². The number of nitrogen functional groups attached to an aromatic ring is 1. The summed E-state index contributed by atoms with van der Waals surface area (Å²) in [6.45, 7) is 2.02. The molecule has 0 aliphatic heterocycles. The normalized spacial score (nSPS) is 12.2. The largest absolute Gasteiger partial charge is 0.508 e. The van der Waals surface area contributed by atoms with Crippen molar-refractivity contribution in [3.8, 4) is 17.0 Å². The molecule has 8 heteroatoms. The number of nitrogens with zero attached hydrogens (tertiary/aromatic N) is 2. The van der Waals surface area contributed by atoms with Crippen LogP contribution in [0.4, 0.5) is 5.69 Å². The first-order valence-electron chi connectivity index (χ1n) is 9.95. The summed E-state index contributed by atoms with van der Waals surface area (Å²) in [6.07, 6.45) is 3.28. The molecule has 0 unspecified atom stereocenters. The summed E-state index contributed by atoms with van der Waals surface area (Å²) < 4.78 is 1.98. The number of hydrogen-bond acceptors (Lipinski definition) is 4. The number of phenolic OH excluding ortho intramolecular Hbond substituents is 1. The number of nitrogens with two attached hydrogens (primary N) is 1. The molecule has 7 nitrogen and oxygen atoms in total. The molecule has 1 aliphatic carbocycles. The summed E-state index contributed by atoms with van der Waals surface area (Å²) in [4.78, 5) is 12.5. The van der Waals surface area contributed by atoms with Crippen molar-refractivity contribution in [3.05, 3.63) is 64.3 Å². The molecule has 162 valence electrons. The SMILES string of the molecule is Cc1cc(NC(=O)Cc2cc(C(=N)N)ccc2O)ccc1-c1nn(C)c2c1CCC2.Cl. The third kappa shape index (κ3) is 4.41. The number of halogens is 1. The van der Waals surface area contributed by atoms with Gasteiger partial charge in [-0.1, -0.05) is 6.07 Å². The fraction of sp³-hybridized carbons (Fsp3) is 0.261. The number of aromatic nitrogens is 2. The van der Waals surface area contributed by atoms with Gasteiger partial charge in [0.2, 0.25) is 5.91 Å². The highest BCUT2D eigenvalue weighted by molar-refractivity contribution is 5.96. The third-order valence-electron chi connectivity index (χ3n) is 5.62. The van der Waals surface area contributed by atoms with E-state index in [0.717, 1.165) is 29.7 Å². The summed E-state index contributed by atoms with van der Waals surface area (Å²) in [7, 11) is 1.99. The Kier molecular flexibility index (Phi) is 6.36. The number of carbonyl (C=O) groups excluding carboxylic acids is 1. The van der Waals surface area contributed by atoms with E-state index in [0.29, 0.717) is 16.8 Å². The average Bonchev–Trinajstić information content (AvgIpc) is 3.28. The zero-order valence-corrected chi connectivity index (χ0v) is 18.3. The van der Waals surface area contributed by atoms with Crippen molar-refractivity contribution in [2.24, 2.45) is 12.8 Å². The Morgan fingerprint density at radius 2 is 2.03 bits per heavy atom. The van der Waals surface area contributed by atoms with E-state index in [4.69, 9.17) is 16.2 Å². The van der Waals surface area contributed by atoms with Gasteiger partial charge >= 0.3 is 0 Å². The summed E-state index contributed by atoms with van der Waals surface area (Å²) in [5.41, 5.74) is 12.9. The molecular formula is C23H26ClN5O2. The minimum absolute atomic E-state index is 0. The maximum Gasteiger partial charge on any atom is 0.228 e. The number of amides is 1. The van der Waals surface area contributed by atoms with Crippen LogP contribution in [-0.2, 0) is 31.1 Å². The Balaban J connectivity index is 0.00000272. The predicted octanol–water partition coefficient (Wildman–Crippen LogP) is 3.48. The van der Waals surface area contributed by atoms with Crippen LogP contribution in [0.3, 0.4) is 0 Å². The van der Waals surface area contributed by atoms with Gasteiger partial charge in [0.25, 0.3) is 0 Å². The Hall–Kier alpha value is -3.32. The number of amidine groups is 1. The lowest BCUT2D eigenvalue weighted by molar-refractivity contribution is -0.115. The van der Waals surface area contributed by atoms with E-state index in [1.165, 1.54) is 23.7 Å². The van der Waals surface area contributed by atoms with Gasteiger partial charge in [-0.15, -0.1) is 12.4 Å². The number of phenols is 1. The number of anilines is 1. The molecule has 0 bridgehead atoms. The smallest absolute Gasteiger partial charge is 0.228 e. The number of hydrogen-bond donors (Lipinski definition) is 4. The summed E-state index contributed by atoms with van der Waals surface area (Å²) in [5.74, 6) is -0.355. The maximum atomic E-state index is 12.5. The molecule has 1 amide bonds. The molecule has 1 aliphatic rings. The van der Waals surface area contributed by atoms with Crippen molar-refractivity contribution in [2.75, 3.05) is 5.32 Å². The molecule has 0 spiro atoms. The monoisotopic (exact) mass is 439 g/mol. The maximum absolute atomic E-state index is 12.5. The van der Waals surface area contributed by atoms with E-state index in [1.807, 2.05) is 36.9 Å². The lowest BCUT2D eigenvalue weighted by Crippen LogP contribution is -2.16. The van der Waals surface area contributed by atoms with Crippen LogP contribution in [-0.4, -0.2) is 26.6 Å². The molecule has 5 N–H and O–H groups in total. The van der Waals surface area contributed by atoms with Gasteiger partial charge in [-0.05, 0) is 62.1 Å². The highest BCUT2D eigenvalue weighted by atomic mass is 35.5. The summed E-state index contributed by atoms with van der Waals surface area (Å²) in [6, 6.07) is 10.4. The van der Waals surface area contributed by atoms with Crippen LogP contribution >= 0.6 is 12.4 Å². The number of rotatable bonds is 5. The lowest BCUT2D eigenvalue weighted by atomic mass is 10.0. The Morgan fingerprint density at radius 1 is 1.26 bits per heavy atom. The topological polar surface area (TPSA) is 117 Å². The summed E-state index contributed by atoms with van der Waals surface area (Å²) in [5, 5.41) is 25.1. The van der Waals surface area contributed by atoms with E-state index in [-0.39, 0.29) is 36.3 Å². The zero-order valence-electron chi connectivity index (χ0n) is 17.5. The second-order valence-electron chi connectivity index (χ2n) is 7.76. The van der Waals surface area contributed by atoms with Crippen molar-refractivity contribution in [2.45, 2.75) is 32.6 Å². The van der Waals surface area contributed by atoms with Gasteiger partial charge < -0.3 is 16.2 Å². The molecule has 1 aromatic heterocycles. The van der Waals surface area contributed by atoms with Crippen LogP contribution in [0.5, 0.6) is 5.75 Å². The van der Waals surface area contributed by atoms with E-state index in [2.05, 4.69) is 5.32 Å². The molecule has 31 heavy (non-hydrogen) atoms. The molecule has 0 fully saturated rings. The van der Waals surface area contributed by atoms with Crippen LogP contribution in [0, 0.1) is 12.3 Å². The van der Waals surface area contributed by atoms with Gasteiger partial charge in [0, 0.05) is 40.7 Å². The Bertz CT molecular complexity index is 1170. The van der Waals surface area contributed by atoms with Crippen molar-refractivity contribution >= 4 is 29.8 Å². The first-order valence-corrected chi connectivity index (χ1v) is 9.95. The van der Waals surface area contributed by atoms with Crippen LogP contribution in [0.2, 0.25) is 0 Å². The van der Waals surface area contributed by atoms with Crippen LogP contribution < -0.4 is 11.1 Å². The standard InChI is InChI=1S/C23H25N5O2.ClH/c1-13-10-16(7-8-17(13)22-18-4-3-5-19(18)28(2)27-22)26-21(30)12-15-11-14(23(24)25)6-9-20(15)29;/h6-11,29H,3-5,12H2,1-2H3,(H3,24,25)(H,26,30);1H. The van der Waals surface area contributed by atoms with Crippen LogP contribution in [0.15, 0.2) is 36.4 Å². The zero-order chi connectivity index (χ0) is 21.4. The molecule has 0 saturated heterocycles. The van der Waals surface area contributed by atoms with Gasteiger partial charge in [0.15, 0.2) is 0 Å². The van der Waals surface area contributed by atoms with E-state index in [1.54, 1.807) is 12.1 Å². The molecule has 4 rings (SSSR count). The average molecular weight is 440 g/mol. The number of nitrogens with one attached hydrogen (secondary N) is 2. The second kappa shape index (κ2) is 8.81. The molecule has 0 saturated carbocycles. The lowest BCUT2D eigenvalue weighted by Gasteiger charge is -2.11. The van der Waals surface area contributed by atoms with Crippen LogP contribution in [0.1, 0.15) is 34.4 Å². The Labute approximate surface area is 187 Å².